The lowest BCUT2D eigenvalue weighted by Gasteiger charge is -2.33. The predicted octanol–water partition coefficient (Wildman–Crippen LogP) is 3.50. The van der Waals surface area contributed by atoms with Crippen molar-refractivity contribution < 1.29 is 14.3 Å². The minimum atomic E-state index is -0.113. The van der Waals surface area contributed by atoms with Crippen molar-refractivity contribution in [1.82, 2.24) is 10.3 Å². The molecule has 1 saturated heterocycles. The van der Waals surface area contributed by atoms with Crippen LogP contribution in [0.15, 0.2) is 36.5 Å². The molecule has 0 radical (unpaired) electrons. The highest BCUT2D eigenvalue weighted by Crippen LogP contribution is 2.33. The molecule has 0 bridgehead atoms. The molecule has 1 fully saturated rings. The fraction of sp³-hybridized carbons (Fsp3) is 0.455. The zero-order valence-electron chi connectivity index (χ0n) is 17.1. The summed E-state index contributed by atoms with van der Waals surface area (Å²) in [6.45, 7) is 5.65. The van der Waals surface area contributed by atoms with Crippen LogP contribution in [-0.2, 0) is 4.79 Å². The number of benzene rings is 1. The normalized spacial score (nSPS) is 17.7. The Morgan fingerprint density at radius 3 is 2.68 bits per heavy atom. The first-order valence-electron chi connectivity index (χ1n) is 9.72. The Balaban J connectivity index is 1.69. The van der Waals surface area contributed by atoms with Gasteiger partial charge in [0.15, 0.2) is 11.5 Å². The third-order valence-corrected chi connectivity index (χ3v) is 5.36. The number of anilines is 1. The van der Waals surface area contributed by atoms with Gasteiger partial charge in [0.05, 0.1) is 26.2 Å². The van der Waals surface area contributed by atoms with Crippen molar-refractivity contribution >= 4 is 11.7 Å². The predicted molar refractivity (Wildman–Crippen MR) is 110 cm³/mol. The summed E-state index contributed by atoms with van der Waals surface area (Å²) in [5.74, 6) is 2.34. The summed E-state index contributed by atoms with van der Waals surface area (Å²) in [7, 11) is 3.24. The van der Waals surface area contributed by atoms with E-state index in [-0.39, 0.29) is 17.9 Å². The fourth-order valence-corrected chi connectivity index (χ4v) is 3.81. The third kappa shape index (κ3) is 4.38. The Bertz CT molecular complexity index is 810. The van der Waals surface area contributed by atoms with Crippen LogP contribution in [0, 0.1) is 12.8 Å². The van der Waals surface area contributed by atoms with Crippen LogP contribution < -0.4 is 19.7 Å². The molecule has 6 heteroatoms. The Hall–Kier alpha value is -2.76. The van der Waals surface area contributed by atoms with E-state index in [1.54, 1.807) is 20.4 Å². The quantitative estimate of drug-likeness (QED) is 0.827. The highest BCUT2D eigenvalue weighted by molar-refractivity contribution is 5.80. The first-order valence-corrected chi connectivity index (χ1v) is 9.72. The topological polar surface area (TPSA) is 63.7 Å². The molecule has 1 N–H and O–H groups in total. The van der Waals surface area contributed by atoms with Gasteiger partial charge in [0.2, 0.25) is 5.91 Å². The first-order chi connectivity index (χ1) is 13.5. The molecule has 3 rings (SSSR count). The maximum atomic E-state index is 12.9. The molecule has 1 aromatic carbocycles. The van der Waals surface area contributed by atoms with E-state index < -0.39 is 0 Å². The summed E-state index contributed by atoms with van der Waals surface area (Å²) in [5.41, 5.74) is 2.09. The average molecular weight is 383 g/mol. The van der Waals surface area contributed by atoms with E-state index in [4.69, 9.17) is 9.47 Å². The lowest BCUT2D eigenvalue weighted by Crippen LogP contribution is -2.44. The number of nitrogens with zero attached hydrogens (tertiary/aromatic N) is 2. The van der Waals surface area contributed by atoms with Crippen LogP contribution in [0.4, 0.5) is 5.82 Å². The van der Waals surface area contributed by atoms with E-state index >= 15 is 0 Å². The molecule has 0 unspecified atom stereocenters. The molecule has 0 spiro atoms. The number of amides is 1. The van der Waals surface area contributed by atoms with Crippen LogP contribution in [0.25, 0.3) is 0 Å². The number of carbonyl (C=O) groups is 1. The van der Waals surface area contributed by atoms with Crippen molar-refractivity contribution in [2.24, 2.45) is 5.92 Å². The van der Waals surface area contributed by atoms with Crippen LogP contribution >= 0.6 is 0 Å². The fourth-order valence-electron chi connectivity index (χ4n) is 3.81. The van der Waals surface area contributed by atoms with Crippen LogP contribution in [0.2, 0.25) is 0 Å². The molecule has 0 aliphatic carbocycles. The molecule has 1 aliphatic rings. The van der Waals surface area contributed by atoms with Crippen LogP contribution in [0.1, 0.15) is 36.9 Å². The van der Waals surface area contributed by atoms with Crippen molar-refractivity contribution in [3.8, 4) is 11.5 Å². The second kappa shape index (κ2) is 8.95. The molecule has 28 heavy (non-hydrogen) atoms. The minimum Gasteiger partial charge on any atom is -0.493 e. The van der Waals surface area contributed by atoms with E-state index in [1.165, 1.54) is 0 Å². The molecule has 150 valence electrons. The van der Waals surface area contributed by atoms with Crippen LogP contribution in [-0.4, -0.2) is 38.2 Å². The third-order valence-electron chi connectivity index (χ3n) is 5.36. The van der Waals surface area contributed by atoms with E-state index in [1.807, 2.05) is 44.2 Å². The van der Waals surface area contributed by atoms with Gasteiger partial charge >= 0.3 is 0 Å². The number of hydrogen-bond donors (Lipinski definition) is 1. The number of aryl methyl sites for hydroxylation is 1. The Labute approximate surface area is 166 Å². The maximum absolute atomic E-state index is 12.9. The number of piperidine rings is 1. The van der Waals surface area contributed by atoms with Crippen molar-refractivity contribution in [3.63, 3.8) is 0 Å². The Morgan fingerprint density at radius 2 is 2.00 bits per heavy atom. The summed E-state index contributed by atoms with van der Waals surface area (Å²) < 4.78 is 10.8. The zero-order chi connectivity index (χ0) is 20.1. The van der Waals surface area contributed by atoms with Crippen molar-refractivity contribution in [2.45, 2.75) is 32.7 Å². The molecule has 0 saturated carbocycles. The van der Waals surface area contributed by atoms with E-state index in [0.29, 0.717) is 18.0 Å². The SMILES string of the molecule is COc1cc(C)c([C@@H](C)NC(=O)[C@@H]2CCCN(c3ccccn3)C2)cc1OC. The molecule has 1 aliphatic heterocycles. The molecule has 6 nitrogen and oxygen atoms in total. The first kappa shape index (κ1) is 20.0. The molecule has 2 heterocycles. The Kier molecular flexibility index (Phi) is 6.39. The lowest BCUT2D eigenvalue weighted by atomic mass is 9.95. The van der Waals surface area contributed by atoms with Gasteiger partial charge in [0.1, 0.15) is 5.82 Å². The van der Waals surface area contributed by atoms with Gasteiger partial charge in [0, 0.05) is 19.3 Å². The highest BCUT2D eigenvalue weighted by Gasteiger charge is 2.28. The smallest absolute Gasteiger partial charge is 0.225 e. The minimum absolute atomic E-state index is 0.0429. The largest absolute Gasteiger partial charge is 0.493 e. The number of methoxy groups -OCH3 is 2. The van der Waals surface area contributed by atoms with Crippen LogP contribution in [0.5, 0.6) is 11.5 Å². The summed E-state index contributed by atoms with van der Waals surface area (Å²) in [6, 6.07) is 9.66. The molecule has 2 atom stereocenters. The summed E-state index contributed by atoms with van der Waals surface area (Å²) in [5, 5.41) is 3.19. The van der Waals surface area contributed by atoms with Crippen molar-refractivity contribution in [3.05, 3.63) is 47.7 Å². The molecule has 2 aromatic rings. The average Bonchev–Trinajstić information content (AvgIpc) is 2.74. The van der Waals surface area contributed by atoms with Gasteiger partial charge < -0.3 is 19.7 Å². The van der Waals surface area contributed by atoms with Gasteiger partial charge in [-0.05, 0) is 62.1 Å². The second-order valence-corrected chi connectivity index (χ2v) is 7.27. The number of pyridine rings is 1. The van der Waals surface area contributed by atoms with E-state index in [0.717, 1.165) is 36.3 Å². The standard InChI is InChI=1S/C22H29N3O3/c1-15-12-19(27-3)20(28-4)13-18(15)16(2)24-22(26)17-8-7-11-25(14-17)21-9-5-6-10-23-21/h5-6,9-10,12-13,16-17H,7-8,11,14H2,1-4H3,(H,24,26)/t16-,17-/m1/s1. The molecular formula is C22H29N3O3. The molecular weight excluding hydrogens is 354 g/mol. The number of carbonyl (C=O) groups excluding carboxylic acids is 1. The van der Waals surface area contributed by atoms with Gasteiger partial charge in [-0.25, -0.2) is 4.98 Å². The van der Waals surface area contributed by atoms with E-state index in [2.05, 4.69) is 15.2 Å². The van der Waals surface area contributed by atoms with Gasteiger partial charge in [-0.2, -0.15) is 0 Å². The van der Waals surface area contributed by atoms with Crippen molar-refractivity contribution in [1.29, 1.82) is 0 Å². The molecule has 1 aromatic heterocycles. The van der Waals surface area contributed by atoms with Gasteiger partial charge in [-0.3, -0.25) is 4.79 Å². The van der Waals surface area contributed by atoms with Gasteiger partial charge in [-0.15, -0.1) is 0 Å². The van der Waals surface area contributed by atoms with Gasteiger partial charge in [-0.1, -0.05) is 6.07 Å². The number of nitrogens with one attached hydrogen (secondary N) is 1. The number of rotatable bonds is 6. The lowest BCUT2D eigenvalue weighted by molar-refractivity contribution is -0.125. The zero-order valence-corrected chi connectivity index (χ0v) is 17.1. The van der Waals surface area contributed by atoms with E-state index in [9.17, 15) is 4.79 Å². The summed E-state index contributed by atoms with van der Waals surface area (Å²) >= 11 is 0. The number of hydrogen-bond acceptors (Lipinski definition) is 5. The Morgan fingerprint density at radius 1 is 1.25 bits per heavy atom. The van der Waals surface area contributed by atoms with Gasteiger partial charge in [0.25, 0.3) is 0 Å². The van der Waals surface area contributed by atoms with Crippen LogP contribution in [0.3, 0.4) is 0 Å². The highest BCUT2D eigenvalue weighted by atomic mass is 16.5. The maximum Gasteiger partial charge on any atom is 0.225 e. The number of aromatic nitrogens is 1. The van der Waals surface area contributed by atoms with Crippen molar-refractivity contribution in [2.75, 3.05) is 32.2 Å². The summed E-state index contributed by atoms with van der Waals surface area (Å²) in [6.07, 6.45) is 3.67. The summed E-state index contributed by atoms with van der Waals surface area (Å²) in [4.78, 5) is 19.5. The monoisotopic (exact) mass is 383 g/mol. The second-order valence-electron chi connectivity index (χ2n) is 7.27. The number of ether oxygens (including phenoxy) is 2. The molecule has 1 amide bonds.